The molecule has 1 aliphatic carbocycles. The fourth-order valence-corrected chi connectivity index (χ4v) is 4.11. The number of esters is 1. The van der Waals surface area contributed by atoms with Crippen LogP contribution in [0, 0.1) is 0 Å². The van der Waals surface area contributed by atoms with Crippen LogP contribution in [-0.2, 0) is 19.9 Å². The Morgan fingerprint density at radius 3 is 1.92 bits per heavy atom. The number of nitrogens with zero attached hydrogens (tertiary/aromatic N) is 1. The van der Waals surface area contributed by atoms with Crippen LogP contribution in [0.3, 0.4) is 0 Å². The molecule has 2 aromatic rings. The van der Waals surface area contributed by atoms with E-state index < -0.39 is 11.6 Å². The van der Waals surface area contributed by atoms with Gasteiger partial charge in [0.1, 0.15) is 0 Å². The number of amides is 1. The van der Waals surface area contributed by atoms with E-state index in [1.807, 2.05) is 53.4 Å². The molecule has 4 rings (SSSR count). The molecule has 0 spiro atoms. The number of carbonyl (C=O) groups excluding carboxylic acids is 2. The van der Waals surface area contributed by atoms with E-state index in [9.17, 15) is 9.59 Å². The Hall–Kier alpha value is -2.62. The van der Waals surface area contributed by atoms with Gasteiger partial charge in [0, 0.05) is 31.1 Å². The normalized spacial score (nSPS) is 17.6. The molecule has 0 unspecified atom stereocenters. The standard InChI is InChI=1S/C21H21NO3/c1-15(23)25-21(20(24)22-13-7-2-8-14-22)18-11-5-3-9-16(18)17-10-4-6-12-19(17)21/h3-6,9-12H,2,7-8,13-14H2,1H3. The first-order valence-corrected chi connectivity index (χ1v) is 8.83. The predicted molar refractivity (Wildman–Crippen MR) is 94.9 cm³/mol. The summed E-state index contributed by atoms with van der Waals surface area (Å²) in [6.07, 6.45) is 3.12. The number of fused-ring (bicyclic) bond motifs is 3. The number of hydrogen-bond acceptors (Lipinski definition) is 3. The molecule has 0 N–H and O–H groups in total. The van der Waals surface area contributed by atoms with Crippen LogP contribution in [0.1, 0.15) is 37.3 Å². The van der Waals surface area contributed by atoms with Crippen molar-refractivity contribution in [2.45, 2.75) is 31.8 Å². The Morgan fingerprint density at radius 1 is 0.880 bits per heavy atom. The van der Waals surface area contributed by atoms with E-state index >= 15 is 0 Å². The average Bonchev–Trinajstić information content (AvgIpc) is 2.93. The summed E-state index contributed by atoms with van der Waals surface area (Å²) in [5.74, 6) is -0.573. The van der Waals surface area contributed by atoms with E-state index in [1.165, 1.54) is 6.92 Å². The van der Waals surface area contributed by atoms with Crippen LogP contribution in [0.25, 0.3) is 11.1 Å². The minimum absolute atomic E-state index is 0.125. The molecular weight excluding hydrogens is 314 g/mol. The van der Waals surface area contributed by atoms with Gasteiger partial charge in [0.15, 0.2) is 0 Å². The zero-order valence-electron chi connectivity index (χ0n) is 14.3. The fraction of sp³-hybridized carbons (Fsp3) is 0.333. The Kier molecular flexibility index (Phi) is 3.83. The van der Waals surface area contributed by atoms with Crippen molar-refractivity contribution in [3.63, 3.8) is 0 Å². The number of carbonyl (C=O) groups is 2. The van der Waals surface area contributed by atoms with E-state index in [2.05, 4.69) is 0 Å². The third-order valence-electron chi connectivity index (χ3n) is 5.14. The summed E-state index contributed by atoms with van der Waals surface area (Å²) in [7, 11) is 0. The fourth-order valence-electron chi connectivity index (χ4n) is 4.11. The summed E-state index contributed by atoms with van der Waals surface area (Å²) in [6.45, 7) is 2.80. The maximum atomic E-state index is 13.6. The number of hydrogen-bond donors (Lipinski definition) is 0. The van der Waals surface area contributed by atoms with Crippen molar-refractivity contribution in [2.24, 2.45) is 0 Å². The third kappa shape index (κ3) is 2.36. The second-order valence-corrected chi connectivity index (χ2v) is 6.72. The second kappa shape index (κ2) is 6.03. The van der Waals surface area contributed by atoms with Gasteiger partial charge in [-0.3, -0.25) is 9.59 Å². The smallest absolute Gasteiger partial charge is 0.304 e. The molecule has 1 fully saturated rings. The van der Waals surface area contributed by atoms with Crippen LogP contribution >= 0.6 is 0 Å². The van der Waals surface area contributed by atoms with Crippen LogP contribution in [-0.4, -0.2) is 29.9 Å². The lowest BCUT2D eigenvalue weighted by Crippen LogP contribution is -2.50. The van der Waals surface area contributed by atoms with Gasteiger partial charge >= 0.3 is 5.97 Å². The lowest BCUT2D eigenvalue weighted by Gasteiger charge is -2.37. The van der Waals surface area contributed by atoms with Crippen LogP contribution < -0.4 is 0 Å². The monoisotopic (exact) mass is 335 g/mol. The number of benzene rings is 2. The highest BCUT2D eigenvalue weighted by atomic mass is 16.6. The molecule has 1 saturated heterocycles. The highest BCUT2D eigenvalue weighted by Gasteiger charge is 2.54. The number of rotatable bonds is 2. The number of piperidine rings is 1. The molecule has 0 aromatic heterocycles. The largest absolute Gasteiger partial charge is 0.439 e. The van der Waals surface area contributed by atoms with Crippen molar-refractivity contribution in [1.82, 2.24) is 4.90 Å². The van der Waals surface area contributed by atoms with Crippen molar-refractivity contribution >= 4 is 11.9 Å². The molecule has 1 aliphatic heterocycles. The van der Waals surface area contributed by atoms with Crippen LogP contribution in [0.5, 0.6) is 0 Å². The van der Waals surface area contributed by atoms with Crippen molar-refractivity contribution < 1.29 is 14.3 Å². The summed E-state index contributed by atoms with van der Waals surface area (Å²) < 4.78 is 5.84. The average molecular weight is 335 g/mol. The molecule has 128 valence electrons. The van der Waals surface area contributed by atoms with Crippen LogP contribution in [0.15, 0.2) is 48.5 Å². The van der Waals surface area contributed by atoms with E-state index in [4.69, 9.17) is 4.74 Å². The van der Waals surface area contributed by atoms with Gasteiger partial charge in [-0.2, -0.15) is 0 Å². The molecule has 2 aliphatic rings. The number of ether oxygens (including phenoxy) is 1. The topological polar surface area (TPSA) is 46.6 Å². The van der Waals surface area contributed by atoms with Crippen molar-refractivity contribution in [3.8, 4) is 11.1 Å². The zero-order valence-corrected chi connectivity index (χ0v) is 14.3. The summed E-state index contributed by atoms with van der Waals surface area (Å²) in [5.41, 5.74) is 2.09. The molecule has 1 heterocycles. The van der Waals surface area contributed by atoms with Gasteiger partial charge in [-0.05, 0) is 30.4 Å². The van der Waals surface area contributed by atoms with Gasteiger partial charge in [-0.15, -0.1) is 0 Å². The number of likely N-dealkylation sites (tertiary alicyclic amines) is 1. The van der Waals surface area contributed by atoms with Gasteiger partial charge in [0.25, 0.3) is 5.91 Å². The van der Waals surface area contributed by atoms with E-state index in [0.29, 0.717) is 13.1 Å². The summed E-state index contributed by atoms with van der Waals surface area (Å²) in [4.78, 5) is 27.5. The quantitative estimate of drug-likeness (QED) is 0.789. The zero-order chi connectivity index (χ0) is 17.4. The van der Waals surface area contributed by atoms with Gasteiger partial charge in [0.2, 0.25) is 5.60 Å². The Bertz CT molecular complexity index is 791. The lowest BCUT2D eigenvalue weighted by molar-refractivity contribution is -0.169. The highest BCUT2D eigenvalue weighted by Crippen LogP contribution is 2.50. The molecule has 4 heteroatoms. The summed E-state index contributed by atoms with van der Waals surface area (Å²) in [5, 5.41) is 0. The van der Waals surface area contributed by atoms with Crippen LogP contribution in [0.4, 0.5) is 0 Å². The summed E-state index contributed by atoms with van der Waals surface area (Å²) in [6, 6.07) is 15.5. The molecule has 1 amide bonds. The van der Waals surface area contributed by atoms with Gasteiger partial charge < -0.3 is 9.64 Å². The Balaban J connectivity index is 1.94. The maximum Gasteiger partial charge on any atom is 0.304 e. The summed E-state index contributed by atoms with van der Waals surface area (Å²) >= 11 is 0. The van der Waals surface area contributed by atoms with Gasteiger partial charge in [0.05, 0.1) is 0 Å². The second-order valence-electron chi connectivity index (χ2n) is 6.72. The molecule has 25 heavy (non-hydrogen) atoms. The van der Waals surface area contributed by atoms with Crippen molar-refractivity contribution in [2.75, 3.05) is 13.1 Å². The lowest BCUT2D eigenvalue weighted by atomic mass is 9.88. The minimum atomic E-state index is -1.36. The maximum absolute atomic E-state index is 13.6. The first-order valence-electron chi connectivity index (χ1n) is 8.83. The SMILES string of the molecule is CC(=O)OC1(C(=O)N2CCCCC2)c2ccccc2-c2ccccc21. The molecule has 0 atom stereocenters. The molecular formula is C21H21NO3. The molecule has 0 bridgehead atoms. The van der Waals surface area contributed by atoms with E-state index in [0.717, 1.165) is 41.5 Å². The van der Waals surface area contributed by atoms with Crippen molar-refractivity contribution in [3.05, 3.63) is 59.7 Å². The first-order chi connectivity index (χ1) is 12.1. The third-order valence-corrected chi connectivity index (χ3v) is 5.14. The van der Waals surface area contributed by atoms with Gasteiger partial charge in [-0.1, -0.05) is 48.5 Å². The van der Waals surface area contributed by atoms with Crippen LogP contribution in [0.2, 0.25) is 0 Å². The minimum Gasteiger partial charge on any atom is -0.439 e. The first kappa shape index (κ1) is 15.9. The highest BCUT2D eigenvalue weighted by molar-refractivity contribution is 6.00. The molecule has 2 aromatic carbocycles. The van der Waals surface area contributed by atoms with Crippen molar-refractivity contribution in [1.29, 1.82) is 0 Å². The molecule has 4 nitrogen and oxygen atoms in total. The Labute approximate surface area is 147 Å². The molecule has 0 radical (unpaired) electrons. The molecule has 0 saturated carbocycles. The predicted octanol–water partition coefficient (Wildman–Crippen LogP) is 3.49. The van der Waals surface area contributed by atoms with E-state index in [1.54, 1.807) is 0 Å². The van der Waals surface area contributed by atoms with Gasteiger partial charge in [-0.25, -0.2) is 0 Å². The van der Waals surface area contributed by atoms with E-state index in [-0.39, 0.29) is 5.91 Å². The Morgan fingerprint density at radius 2 is 1.40 bits per heavy atom.